The van der Waals surface area contributed by atoms with Crippen molar-refractivity contribution in [3.63, 3.8) is 0 Å². The zero-order valence-corrected chi connectivity index (χ0v) is 19.5. The summed E-state index contributed by atoms with van der Waals surface area (Å²) in [5.41, 5.74) is 0.345. The first-order valence-electron chi connectivity index (χ1n) is 10.4. The van der Waals surface area contributed by atoms with Gasteiger partial charge in [-0.15, -0.1) is 0 Å². The standard InChI is InChI=1S/C22H36N2O4S/c1-17(2)15-24(16-18-9-7-8-10-20(18)29(6,26)27)19-11-13-23(14-12-19)21(25)28-22(3,4)5/h7-10,17,19H,11-16H2,1-6H3. The van der Waals surface area contributed by atoms with Gasteiger partial charge in [-0.2, -0.15) is 0 Å². The summed E-state index contributed by atoms with van der Waals surface area (Å²) < 4.78 is 29.9. The minimum atomic E-state index is -3.27. The Morgan fingerprint density at radius 2 is 1.79 bits per heavy atom. The molecule has 1 amide bonds. The van der Waals surface area contributed by atoms with Crippen molar-refractivity contribution in [1.82, 2.24) is 9.80 Å². The van der Waals surface area contributed by atoms with Crippen molar-refractivity contribution in [2.24, 2.45) is 5.92 Å². The molecule has 0 unspecified atom stereocenters. The molecule has 29 heavy (non-hydrogen) atoms. The number of likely N-dealkylation sites (tertiary alicyclic amines) is 1. The third kappa shape index (κ3) is 7.30. The molecular formula is C22H36N2O4S. The number of piperidine rings is 1. The molecule has 1 heterocycles. The molecule has 0 N–H and O–H groups in total. The molecular weight excluding hydrogens is 388 g/mol. The lowest BCUT2D eigenvalue weighted by Gasteiger charge is -2.39. The summed E-state index contributed by atoms with van der Waals surface area (Å²) in [5.74, 6) is 0.462. The van der Waals surface area contributed by atoms with Gasteiger partial charge >= 0.3 is 6.09 Å². The van der Waals surface area contributed by atoms with E-state index in [0.29, 0.717) is 36.5 Å². The molecule has 6 nitrogen and oxygen atoms in total. The fourth-order valence-electron chi connectivity index (χ4n) is 3.77. The highest BCUT2D eigenvalue weighted by molar-refractivity contribution is 7.90. The summed E-state index contributed by atoms with van der Waals surface area (Å²) in [6, 6.07) is 7.56. The van der Waals surface area contributed by atoms with E-state index in [-0.39, 0.29) is 6.09 Å². The quantitative estimate of drug-likeness (QED) is 0.692. The second kappa shape index (κ2) is 9.47. The van der Waals surface area contributed by atoms with Crippen LogP contribution in [0.15, 0.2) is 29.2 Å². The summed E-state index contributed by atoms with van der Waals surface area (Å²) >= 11 is 0. The van der Waals surface area contributed by atoms with E-state index < -0.39 is 15.4 Å². The first kappa shape index (κ1) is 23.7. The Labute approximate surface area is 176 Å². The number of hydrogen-bond donors (Lipinski definition) is 0. The SMILES string of the molecule is CC(C)CN(Cc1ccccc1S(C)(=O)=O)C1CCN(C(=O)OC(C)(C)C)CC1. The van der Waals surface area contributed by atoms with E-state index in [4.69, 9.17) is 4.74 Å². The van der Waals surface area contributed by atoms with E-state index in [1.807, 2.05) is 32.9 Å². The van der Waals surface area contributed by atoms with Gasteiger partial charge in [0.1, 0.15) is 5.60 Å². The minimum absolute atomic E-state index is 0.256. The third-order valence-electron chi connectivity index (χ3n) is 4.98. The largest absolute Gasteiger partial charge is 0.444 e. The van der Waals surface area contributed by atoms with Gasteiger partial charge in [0.05, 0.1) is 4.90 Å². The zero-order valence-electron chi connectivity index (χ0n) is 18.6. The van der Waals surface area contributed by atoms with Crippen LogP contribution in [0.2, 0.25) is 0 Å². The predicted octanol–water partition coefficient (Wildman–Crippen LogP) is 3.95. The van der Waals surface area contributed by atoms with Crippen molar-refractivity contribution in [2.75, 3.05) is 25.9 Å². The van der Waals surface area contributed by atoms with E-state index in [1.54, 1.807) is 17.0 Å². The van der Waals surface area contributed by atoms with E-state index in [0.717, 1.165) is 24.9 Å². The molecule has 0 radical (unpaired) electrons. The maximum atomic E-state index is 12.3. The topological polar surface area (TPSA) is 66.9 Å². The fourth-order valence-corrected chi connectivity index (χ4v) is 4.70. The molecule has 2 rings (SSSR count). The maximum absolute atomic E-state index is 12.3. The van der Waals surface area contributed by atoms with Crippen molar-refractivity contribution >= 4 is 15.9 Å². The van der Waals surface area contributed by atoms with Crippen molar-refractivity contribution < 1.29 is 17.9 Å². The van der Waals surface area contributed by atoms with Crippen LogP contribution in [0.1, 0.15) is 53.0 Å². The molecule has 0 saturated carbocycles. The normalized spacial score (nSPS) is 16.5. The second-order valence-corrected chi connectivity index (χ2v) is 11.4. The lowest BCUT2D eigenvalue weighted by molar-refractivity contribution is 0.0128. The highest BCUT2D eigenvalue weighted by Gasteiger charge is 2.30. The summed E-state index contributed by atoms with van der Waals surface area (Å²) in [6.45, 7) is 12.8. The average molecular weight is 425 g/mol. The highest BCUT2D eigenvalue weighted by Crippen LogP contribution is 2.24. The second-order valence-electron chi connectivity index (χ2n) is 9.40. The molecule has 0 aliphatic carbocycles. The molecule has 1 aliphatic rings. The van der Waals surface area contributed by atoms with E-state index in [9.17, 15) is 13.2 Å². The number of amides is 1. The summed E-state index contributed by atoms with van der Waals surface area (Å²) in [6.07, 6.45) is 2.71. The molecule has 1 aromatic rings. The van der Waals surface area contributed by atoms with Crippen molar-refractivity contribution in [3.8, 4) is 0 Å². The number of ether oxygens (including phenoxy) is 1. The molecule has 1 aliphatic heterocycles. The van der Waals surface area contributed by atoms with Crippen LogP contribution in [0.25, 0.3) is 0 Å². The van der Waals surface area contributed by atoms with Crippen LogP contribution in [0.3, 0.4) is 0 Å². The van der Waals surface area contributed by atoms with Gasteiger partial charge < -0.3 is 9.64 Å². The number of benzene rings is 1. The Balaban J connectivity index is 2.10. The van der Waals surface area contributed by atoms with E-state index >= 15 is 0 Å². The number of carbonyl (C=O) groups excluding carboxylic acids is 1. The van der Waals surface area contributed by atoms with Crippen LogP contribution in [0, 0.1) is 5.92 Å². The zero-order chi connectivity index (χ0) is 21.8. The van der Waals surface area contributed by atoms with Gasteiger partial charge in [0, 0.05) is 38.5 Å². The predicted molar refractivity (Wildman–Crippen MR) is 116 cm³/mol. The Bertz CT molecular complexity index is 791. The monoisotopic (exact) mass is 424 g/mol. The van der Waals surface area contributed by atoms with Crippen LogP contribution in [-0.4, -0.2) is 61.8 Å². The Morgan fingerprint density at radius 3 is 2.31 bits per heavy atom. The number of hydrogen-bond acceptors (Lipinski definition) is 5. The molecule has 1 saturated heterocycles. The van der Waals surface area contributed by atoms with Gasteiger partial charge in [0.25, 0.3) is 0 Å². The highest BCUT2D eigenvalue weighted by atomic mass is 32.2. The number of nitrogens with zero attached hydrogens (tertiary/aromatic N) is 2. The van der Waals surface area contributed by atoms with Crippen LogP contribution < -0.4 is 0 Å². The van der Waals surface area contributed by atoms with Crippen LogP contribution in [0.5, 0.6) is 0 Å². The lowest BCUT2D eigenvalue weighted by Crippen LogP contribution is -2.48. The summed E-state index contributed by atoms with van der Waals surface area (Å²) in [4.78, 5) is 16.9. The molecule has 7 heteroatoms. The van der Waals surface area contributed by atoms with Crippen LogP contribution in [0.4, 0.5) is 4.79 Å². The van der Waals surface area contributed by atoms with Gasteiger partial charge in [-0.3, -0.25) is 4.90 Å². The smallest absolute Gasteiger partial charge is 0.410 e. The molecule has 0 spiro atoms. The van der Waals surface area contributed by atoms with Gasteiger partial charge in [-0.25, -0.2) is 13.2 Å². The Kier molecular flexibility index (Phi) is 7.74. The third-order valence-corrected chi connectivity index (χ3v) is 6.17. The maximum Gasteiger partial charge on any atom is 0.410 e. The van der Waals surface area contributed by atoms with Crippen molar-refractivity contribution in [1.29, 1.82) is 0 Å². The van der Waals surface area contributed by atoms with Crippen molar-refractivity contribution in [2.45, 2.75) is 70.5 Å². The number of carbonyl (C=O) groups is 1. The number of rotatable bonds is 6. The molecule has 1 fully saturated rings. The van der Waals surface area contributed by atoms with E-state index in [2.05, 4.69) is 18.7 Å². The van der Waals surface area contributed by atoms with Crippen molar-refractivity contribution in [3.05, 3.63) is 29.8 Å². The minimum Gasteiger partial charge on any atom is -0.444 e. The van der Waals surface area contributed by atoms with Gasteiger partial charge in [-0.05, 0) is 51.2 Å². The van der Waals surface area contributed by atoms with Gasteiger partial charge in [0.2, 0.25) is 0 Å². The first-order chi connectivity index (χ1) is 13.4. The molecule has 0 aromatic heterocycles. The molecule has 1 aromatic carbocycles. The molecule has 0 bridgehead atoms. The molecule has 0 atom stereocenters. The first-order valence-corrected chi connectivity index (χ1v) is 12.3. The summed E-state index contributed by atoms with van der Waals surface area (Å²) in [7, 11) is -3.27. The van der Waals surface area contributed by atoms with Crippen LogP contribution in [-0.2, 0) is 21.1 Å². The lowest BCUT2D eigenvalue weighted by atomic mass is 10.0. The van der Waals surface area contributed by atoms with Crippen LogP contribution >= 0.6 is 0 Å². The Morgan fingerprint density at radius 1 is 1.21 bits per heavy atom. The molecule has 164 valence electrons. The van der Waals surface area contributed by atoms with E-state index in [1.165, 1.54) is 6.26 Å². The fraction of sp³-hybridized carbons (Fsp3) is 0.682. The van der Waals surface area contributed by atoms with Gasteiger partial charge in [-0.1, -0.05) is 32.0 Å². The number of sulfone groups is 1. The average Bonchev–Trinajstić information content (AvgIpc) is 2.59. The Hall–Kier alpha value is -1.60. The summed E-state index contributed by atoms with van der Waals surface area (Å²) in [5, 5.41) is 0. The van der Waals surface area contributed by atoms with Gasteiger partial charge in [0.15, 0.2) is 9.84 Å².